The lowest BCUT2D eigenvalue weighted by molar-refractivity contribution is 0.177. The van der Waals surface area contributed by atoms with Crippen LogP contribution in [0, 0.1) is 5.41 Å². The van der Waals surface area contributed by atoms with Crippen LogP contribution in [0.25, 0.3) is 0 Å². The molecule has 3 heteroatoms. The van der Waals surface area contributed by atoms with Gasteiger partial charge in [-0.1, -0.05) is 12.1 Å². The molecule has 0 spiro atoms. The Labute approximate surface area is 77.2 Å². The molecule has 1 aromatic rings. The fraction of sp³-hybridized carbons (Fsp3) is 0.300. The molecule has 1 aromatic carbocycles. The molecule has 0 aliphatic carbocycles. The van der Waals surface area contributed by atoms with Gasteiger partial charge in [0.25, 0.3) is 0 Å². The second kappa shape index (κ2) is 2.49. The Hall–Kier alpha value is -1.51. The summed E-state index contributed by atoms with van der Waals surface area (Å²) in [6, 6.07) is 7.64. The number of amidine groups is 1. The third kappa shape index (κ3) is 1.26. The zero-order chi connectivity index (χ0) is 9.47. The molecule has 13 heavy (non-hydrogen) atoms. The maximum atomic E-state index is 7.69. The van der Waals surface area contributed by atoms with Gasteiger partial charge in [0, 0.05) is 0 Å². The average Bonchev–Trinajstić information content (AvgIpc) is 2.06. The summed E-state index contributed by atoms with van der Waals surface area (Å²) in [6.45, 7) is 3.75. The van der Waals surface area contributed by atoms with Crippen LogP contribution in [0.15, 0.2) is 24.3 Å². The number of para-hydroxylation sites is 2. The van der Waals surface area contributed by atoms with E-state index in [2.05, 4.69) is 5.32 Å². The van der Waals surface area contributed by atoms with Crippen molar-refractivity contribution in [3.8, 4) is 5.75 Å². The second-order valence-electron chi connectivity index (χ2n) is 3.61. The Kier molecular flexibility index (Phi) is 1.55. The Bertz CT molecular complexity index is 358. The van der Waals surface area contributed by atoms with Gasteiger partial charge in [0.05, 0.1) is 5.69 Å². The van der Waals surface area contributed by atoms with Gasteiger partial charge in [0.15, 0.2) is 5.60 Å². The first kappa shape index (κ1) is 8.10. The van der Waals surface area contributed by atoms with Crippen LogP contribution in [0.2, 0.25) is 0 Å². The predicted molar refractivity (Wildman–Crippen MR) is 52.5 cm³/mol. The maximum Gasteiger partial charge on any atom is 0.160 e. The average molecular weight is 176 g/mol. The number of nitrogens with one attached hydrogen (secondary N) is 2. The lowest BCUT2D eigenvalue weighted by Crippen LogP contribution is -2.45. The van der Waals surface area contributed by atoms with Crippen molar-refractivity contribution in [2.45, 2.75) is 19.4 Å². The Morgan fingerprint density at radius 2 is 2.00 bits per heavy atom. The number of rotatable bonds is 0. The van der Waals surface area contributed by atoms with Crippen LogP contribution in [-0.4, -0.2) is 11.4 Å². The van der Waals surface area contributed by atoms with E-state index in [1.807, 2.05) is 38.1 Å². The summed E-state index contributed by atoms with van der Waals surface area (Å²) in [5.74, 6) is 1.20. The summed E-state index contributed by atoms with van der Waals surface area (Å²) in [5.41, 5.74) is 0.320. The third-order valence-electron chi connectivity index (χ3n) is 2.11. The van der Waals surface area contributed by atoms with E-state index in [0.29, 0.717) is 5.84 Å². The van der Waals surface area contributed by atoms with Crippen LogP contribution in [0.5, 0.6) is 5.75 Å². The molecule has 0 saturated carbocycles. The number of benzene rings is 1. The minimum Gasteiger partial charge on any atom is -0.478 e. The normalized spacial score (nSPS) is 18.5. The molecule has 2 N–H and O–H groups in total. The molecule has 1 aliphatic rings. The van der Waals surface area contributed by atoms with Gasteiger partial charge in [-0.25, -0.2) is 0 Å². The lowest BCUT2D eigenvalue weighted by Gasteiger charge is -2.33. The van der Waals surface area contributed by atoms with E-state index in [-0.39, 0.29) is 0 Å². The Morgan fingerprint density at radius 3 is 2.77 bits per heavy atom. The topological polar surface area (TPSA) is 45.1 Å². The van der Waals surface area contributed by atoms with E-state index in [1.165, 1.54) is 0 Å². The minimum absolute atomic E-state index is 0.395. The van der Waals surface area contributed by atoms with Gasteiger partial charge in [0.1, 0.15) is 11.6 Å². The highest BCUT2D eigenvalue weighted by Gasteiger charge is 2.31. The highest BCUT2D eigenvalue weighted by atomic mass is 16.5. The molecule has 3 nitrogen and oxygen atoms in total. The summed E-state index contributed by atoms with van der Waals surface area (Å²) < 4.78 is 5.64. The molecule has 2 rings (SSSR count). The predicted octanol–water partition coefficient (Wildman–Crippen LogP) is 2.25. The van der Waals surface area contributed by atoms with Crippen LogP contribution >= 0.6 is 0 Å². The van der Waals surface area contributed by atoms with E-state index in [4.69, 9.17) is 10.1 Å². The summed E-state index contributed by atoms with van der Waals surface area (Å²) in [7, 11) is 0. The van der Waals surface area contributed by atoms with Crippen molar-refractivity contribution >= 4 is 11.5 Å². The van der Waals surface area contributed by atoms with Crippen molar-refractivity contribution in [2.75, 3.05) is 5.32 Å². The molecule has 1 aliphatic heterocycles. The fourth-order valence-electron chi connectivity index (χ4n) is 1.27. The summed E-state index contributed by atoms with van der Waals surface area (Å²) in [6.07, 6.45) is 0. The molecule has 0 amide bonds. The standard InChI is InChI=1S/C10H12N2O/c1-10(2)9(11)12-7-5-3-4-6-8(7)13-10/h3-6H,1-2H3,(H2,11,12). The number of hydrogen-bond donors (Lipinski definition) is 2. The van der Waals surface area contributed by atoms with Crippen molar-refractivity contribution < 1.29 is 4.74 Å². The first-order valence-electron chi connectivity index (χ1n) is 4.24. The summed E-state index contributed by atoms with van der Waals surface area (Å²) >= 11 is 0. The zero-order valence-electron chi connectivity index (χ0n) is 7.72. The van der Waals surface area contributed by atoms with Crippen molar-refractivity contribution in [1.29, 1.82) is 5.41 Å². The molecule has 1 heterocycles. The first-order chi connectivity index (χ1) is 6.09. The third-order valence-corrected chi connectivity index (χ3v) is 2.11. The highest BCUT2D eigenvalue weighted by Crippen LogP contribution is 2.32. The van der Waals surface area contributed by atoms with Gasteiger partial charge in [-0.2, -0.15) is 0 Å². The molecule has 0 bridgehead atoms. The van der Waals surface area contributed by atoms with Crippen LogP contribution in [0.4, 0.5) is 5.69 Å². The Balaban J connectivity index is 2.44. The number of fused-ring (bicyclic) bond motifs is 1. The summed E-state index contributed by atoms with van der Waals surface area (Å²) in [5, 5.41) is 10.7. The SMILES string of the molecule is CC1(C)Oc2ccccc2NC1=N. The number of ether oxygens (including phenoxy) is 1. The molecule has 0 saturated heterocycles. The van der Waals surface area contributed by atoms with Gasteiger partial charge in [-0.15, -0.1) is 0 Å². The van der Waals surface area contributed by atoms with Crippen molar-refractivity contribution in [3.05, 3.63) is 24.3 Å². The molecule has 0 radical (unpaired) electrons. The first-order valence-corrected chi connectivity index (χ1v) is 4.24. The maximum absolute atomic E-state index is 7.69. The quantitative estimate of drug-likeness (QED) is 0.636. The van der Waals surface area contributed by atoms with Crippen molar-refractivity contribution in [3.63, 3.8) is 0 Å². The van der Waals surface area contributed by atoms with Crippen molar-refractivity contribution in [2.24, 2.45) is 0 Å². The zero-order valence-corrected chi connectivity index (χ0v) is 7.72. The number of hydrogen-bond acceptors (Lipinski definition) is 2. The smallest absolute Gasteiger partial charge is 0.160 e. The fourth-order valence-corrected chi connectivity index (χ4v) is 1.27. The van der Waals surface area contributed by atoms with E-state index in [9.17, 15) is 0 Å². The lowest BCUT2D eigenvalue weighted by atomic mass is 10.1. The van der Waals surface area contributed by atoms with Gasteiger partial charge >= 0.3 is 0 Å². The van der Waals surface area contributed by atoms with Gasteiger partial charge in [-0.3, -0.25) is 5.41 Å². The molecular weight excluding hydrogens is 164 g/mol. The molecule has 0 atom stereocenters. The van der Waals surface area contributed by atoms with Gasteiger partial charge in [-0.05, 0) is 26.0 Å². The van der Waals surface area contributed by atoms with Crippen LogP contribution in [-0.2, 0) is 0 Å². The number of anilines is 1. The minimum atomic E-state index is -0.547. The summed E-state index contributed by atoms with van der Waals surface area (Å²) in [4.78, 5) is 0. The Morgan fingerprint density at radius 1 is 1.31 bits per heavy atom. The van der Waals surface area contributed by atoms with Gasteiger partial charge < -0.3 is 10.1 Å². The molecule has 68 valence electrons. The van der Waals surface area contributed by atoms with E-state index >= 15 is 0 Å². The largest absolute Gasteiger partial charge is 0.478 e. The van der Waals surface area contributed by atoms with Crippen LogP contribution in [0.1, 0.15) is 13.8 Å². The second-order valence-corrected chi connectivity index (χ2v) is 3.61. The highest BCUT2D eigenvalue weighted by molar-refractivity contribution is 6.02. The van der Waals surface area contributed by atoms with Crippen molar-refractivity contribution in [1.82, 2.24) is 0 Å². The monoisotopic (exact) mass is 176 g/mol. The van der Waals surface area contributed by atoms with Gasteiger partial charge in [0.2, 0.25) is 0 Å². The van der Waals surface area contributed by atoms with E-state index in [0.717, 1.165) is 11.4 Å². The molecule has 0 unspecified atom stereocenters. The van der Waals surface area contributed by atoms with Crippen LogP contribution in [0.3, 0.4) is 0 Å². The van der Waals surface area contributed by atoms with E-state index in [1.54, 1.807) is 0 Å². The van der Waals surface area contributed by atoms with Crippen LogP contribution < -0.4 is 10.1 Å². The molecular formula is C10H12N2O. The van der Waals surface area contributed by atoms with E-state index < -0.39 is 5.60 Å². The molecule has 0 aromatic heterocycles. The molecule has 0 fully saturated rings.